The molecule has 190 valence electrons. The van der Waals surface area contributed by atoms with Crippen molar-refractivity contribution in [3.63, 3.8) is 0 Å². The van der Waals surface area contributed by atoms with E-state index in [0.29, 0.717) is 23.3 Å². The van der Waals surface area contributed by atoms with E-state index >= 15 is 0 Å². The molecule has 8 atom stereocenters. The first-order valence-corrected chi connectivity index (χ1v) is 15.6. The first-order valence-electron chi connectivity index (χ1n) is 15.6. The van der Waals surface area contributed by atoms with Gasteiger partial charge < -0.3 is 4.90 Å². The molecule has 0 bridgehead atoms. The lowest BCUT2D eigenvalue weighted by Crippen LogP contribution is -2.69. The van der Waals surface area contributed by atoms with Crippen molar-refractivity contribution in [2.24, 2.45) is 11.3 Å². The van der Waals surface area contributed by atoms with Gasteiger partial charge in [-0.1, -0.05) is 73.9 Å². The van der Waals surface area contributed by atoms with Gasteiger partial charge >= 0.3 is 0 Å². The van der Waals surface area contributed by atoms with Gasteiger partial charge in [0.15, 0.2) is 6.71 Å². The normalized spacial score (nSPS) is 45.3. The summed E-state index contributed by atoms with van der Waals surface area (Å²) in [5.41, 5.74) is 2.58. The molecule has 36 heavy (non-hydrogen) atoms. The van der Waals surface area contributed by atoms with Crippen LogP contribution in [0.25, 0.3) is 0 Å². The predicted octanol–water partition coefficient (Wildman–Crippen LogP) is 7.56. The van der Waals surface area contributed by atoms with Crippen molar-refractivity contribution in [1.29, 1.82) is 0 Å². The van der Waals surface area contributed by atoms with Crippen molar-refractivity contribution in [3.8, 4) is 0 Å². The number of nitrogens with zero attached hydrogens (tertiary/aromatic N) is 2. The summed E-state index contributed by atoms with van der Waals surface area (Å²) >= 11 is 0. The summed E-state index contributed by atoms with van der Waals surface area (Å²) in [7, 11) is 0. The fourth-order valence-corrected chi connectivity index (χ4v) is 11.7. The highest BCUT2D eigenvalue weighted by atomic mass is 15.3. The van der Waals surface area contributed by atoms with E-state index in [2.05, 4.69) is 78.3 Å². The summed E-state index contributed by atoms with van der Waals surface area (Å²) < 4.78 is 0. The molecule has 3 aliphatic heterocycles. The minimum absolute atomic E-state index is 0.271. The van der Waals surface area contributed by atoms with Crippen LogP contribution in [0.4, 0.5) is 0 Å². The Morgan fingerprint density at radius 3 is 2.56 bits per heavy atom. The van der Waals surface area contributed by atoms with Crippen LogP contribution in [0.2, 0.25) is 17.5 Å². The Labute approximate surface area is 219 Å². The molecular formula is C33H45BN2. The highest BCUT2D eigenvalue weighted by molar-refractivity contribution is 6.66. The molecule has 0 aromatic carbocycles. The topological polar surface area (TPSA) is 6.48 Å². The molecule has 8 rings (SSSR count). The van der Waals surface area contributed by atoms with Gasteiger partial charge in [-0.3, -0.25) is 4.90 Å². The maximum Gasteiger partial charge on any atom is 0.167 e. The van der Waals surface area contributed by atoms with Crippen molar-refractivity contribution in [2.75, 3.05) is 0 Å². The van der Waals surface area contributed by atoms with Gasteiger partial charge in [-0.25, -0.2) is 0 Å². The van der Waals surface area contributed by atoms with Crippen LogP contribution in [-0.2, 0) is 0 Å². The first-order chi connectivity index (χ1) is 17.6. The van der Waals surface area contributed by atoms with Gasteiger partial charge in [-0.15, -0.1) is 0 Å². The lowest BCUT2D eigenvalue weighted by Gasteiger charge is -2.65. The Balaban J connectivity index is 1.29. The zero-order valence-electron chi connectivity index (χ0n) is 22.6. The second-order valence-electron chi connectivity index (χ2n) is 14.1. The van der Waals surface area contributed by atoms with Crippen LogP contribution in [-0.4, -0.2) is 46.2 Å². The molecule has 3 heteroatoms. The Kier molecular flexibility index (Phi) is 5.01. The van der Waals surface area contributed by atoms with Crippen LogP contribution in [0.15, 0.2) is 60.4 Å². The fraction of sp³-hybridized carbons (Fsp3) is 0.697. The number of rotatable bonds is 1. The average molecular weight is 481 g/mol. The van der Waals surface area contributed by atoms with Gasteiger partial charge in [0.05, 0.1) is 0 Å². The largest absolute Gasteiger partial charge is 0.367 e. The molecule has 0 aromatic rings. The molecule has 3 saturated heterocycles. The summed E-state index contributed by atoms with van der Waals surface area (Å²) in [6.07, 6.45) is 37.8. The van der Waals surface area contributed by atoms with Gasteiger partial charge in [0.2, 0.25) is 0 Å². The minimum Gasteiger partial charge on any atom is -0.367 e. The minimum atomic E-state index is 0.271. The highest BCUT2D eigenvalue weighted by Gasteiger charge is 2.71. The lowest BCUT2D eigenvalue weighted by atomic mass is 9.20. The Morgan fingerprint density at radius 1 is 0.861 bits per heavy atom. The standard InChI is InChI=1S/C33H45BN2/c1-32(2)33(21-9-4-10-22-33)24-15-11-17-26-31(24)36(32)29-20-12-19-28-30(29)34(26)25-16-7-8-18-27(25)35(28)23-13-5-3-6-14-23/h3,5-8,11,13,17,20,23-28,30-31H,4,9-10,12,14-16,18-19,21-22H2,1-2H3. The van der Waals surface area contributed by atoms with Crippen LogP contribution in [0.5, 0.6) is 0 Å². The predicted molar refractivity (Wildman–Crippen MR) is 151 cm³/mol. The van der Waals surface area contributed by atoms with Gasteiger partial charge in [0.1, 0.15) is 0 Å². The zero-order chi connectivity index (χ0) is 24.1. The average Bonchev–Trinajstić information content (AvgIpc) is 3.11. The van der Waals surface area contributed by atoms with Crippen molar-refractivity contribution < 1.29 is 0 Å². The number of allylic oxidation sites excluding steroid dienone is 5. The van der Waals surface area contributed by atoms with E-state index in [1.165, 1.54) is 70.6 Å². The fourth-order valence-electron chi connectivity index (χ4n) is 11.7. The van der Waals surface area contributed by atoms with E-state index in [4.69, 9.17) is 0 Å². The zero-order valence-corrected chi connectivity index (χ0v) is 22.6. The van der Waals surface area contributed by atoms with Crippen LogP contribution >= 0.6 is 0 Å². The Hall–Kier alpha value is -1.48. The SMILES string of the molecule is CC1(C)N2C3=CCCC4C3B(C3C=CCC(C32)C12CCCCC2)C1CC=CCC1N4C1C=CC=CC1. The molecule has 0 N–H and O–H groups in total. The van der Waals surface area contributed by atoms with E-state index < -0.39 is 0 Å². The monoisotopic (exact) mass is 480 g/mol. The molecule has 3 heterocycles. The molecule has 2 nitrogen and oxygen atoms in total. The summed E-state index contributed by atoms with van der Waals surface area (Å²) in [5.74, 6) is 3.12. The molecule has 1 spiro atoms. The van der Waals surface area contributed by atoms with Crippen molar-refractivity contribution in [2.45, 2.75) is 132 Å². The van der Waals surface area contributed by atoms with Crippen LogP contribution < -0.4 is 0 Å². The van der Waals surface area contributed by atoms with E-state index in [1.54, 1.807) is 5.70 Å². The molecule has 1 saturated carbocycles. The number of hydrogen-bond acceptors (Lipinski definition) is 2. The molecule has 8 unspecified atom stereocenters. The van der Waals surface area contributed by atoms with Gasteiger partial charge in [-0.05, 0) is 94.0 Å². The molecular weight excluding hydrogens is 435 g/mol. The van der Waals surface area contributed by atoms with Crippen molar-refractivity contribution >= 4 is 6.71 Å². The molecule has 0 radical (unpaired) electrons. The van der Waals surface area contributed by atoms with Crippen molar-refractivity contribution in [1.82, 2.24) is 9.80 Å². The molecule has 0 amide bonds. The second kappa shape index (κ2) is 8.01. The van der Waals surface area contributed by atoms with Crippen molar-refractivity contribution in [3.05, 3.63) is 60.4 Å². The van der Waals surface area contributed by atoms with Gasteiger partial charge in [-0.2, -0.15) is 0 Å². The van der Waals surface area contributed by atoms with Crippen LogP contribution in [0, 0.1) is 11.3 Å². The quantitative estimate of drug-likeness (QED) is 0.282. The smallest absolute Gasteiger partial charge is 0.167 e. The van der Waals surface area contributed by atoms with Gasteiger partial charge in [0.25, 0.3) is 0 Å². The molecule has 5 aliphatic carbocycles. The maximum absolute atomic E-state index is 3.12. The molecule has 8 aliphatic rings. The highest BCUT2D eigenvalue weighted by Crippen LogP contribution is 2.70. The number of hydrogen-bond donors (Lipinski definition) is 0. The third-order valence-electron chi connectivity index (χ3n) is 12.9. The van der Waals surface area contributed by atoms with Crippen LogP contribution in [0.3, 0.4) is 0 Å². The van der Waals surface area contributed by atoms with E-state index in [0.717, 1.165) is 36.3 Å². The van der Waals surface area contributed by atoms with E-state index in [1.807, 2.05) is 0 Å². The van der Waals surface area contributed by atoms with E-state index in [9.17, 15) is 0 Å². The molecule has 0 aromatic heterocycles. The maximum atomic E-state index is 3.12. The third kappa shape index (κ3) is 2.74. The summed E-state index contributed by atoms with van der Waals surface area (Å²) in [6, 6.07) is 2.75. The lowest BCUT2D eigenvalue weighted by molar-refractivity contribution is 0.0153. The van der Waals surface area contributed by atoms with Crippen LogP contribution in [0.1, 0.15) is 84.5 Å². The first kappa shape index (κ1) is 22.5. The number of fused-ring (bicyclic) bond motifs is 5. The summed E-state index contributed by atoms with van der Waals surface area (Å²) in [4.78, 5) is 6.20. The van der Waals surface area contributed by atoms with E-state index in [-0.39, 0.29) is 5.54 Å². The van der Waals surface area contributed by atoms with Gasteiger partial charge in [0, 0.05) is 35.4 Å². The third-order valence-corrected chi connectivity index (χ3v) is 12.9. The summed E-state index contributed by atoms with van der Waals surface area (Å²) in [6.45, 7) is 6.19. The Morgan fingerprint density at radius 2 is 1.72 bits per heavy atom. The molecule has 4 fully saturated rings. The Bertz CT molecular complexity index is 1060. The second-order valence-corrected chi connectivity index (χ2v) is 14.1. The summed E-state index contributed by atoms with van der Waals surface area (Å²) in [5, 5.41) is 0.